The molecule has 1 aliphatic carbocycles. The number of aryl methyl sites for hydroxylation is 1. The van der Waals surface area contributed by atoms with Crippen LogP contribution >= 0.6 is 11.8 Å². The lowest BCUT2D eigenvalue weighted by Gasteiger charge is -2.31. The Kier molecular flexibility index (Phi) is 4.51. The molecular weight excluding hydrogens is 386 g/mol. The number of benzene rings is 1. The Morgan fingerprint density at radius 1 is 1.17 bits per heavy atom. The third-order valence-electron chi connectivity index (χ3n) is 7.23. The lowest BCUT2D eigenvalue weighted by Crippen LogP contribution is -2.54. The molecule has 0 aromatic heterocycles. The zero-order valence-electron chi connectivity index (χ0n) is 16.9. The van der Waals surface area contributed by atoms with Gasteiger partial charge in [0.15, 0.2) is 0 Å². The average Bonchev–Trinajstić information content (AvgIpc) is 3.43. The second-order valence-electron chi connectivity index (χ2n) is 8.83. The van der Waals surface area contributed by atoms with Gasteiger partial charge >= 0.3 is 0 Å². The number of anilines is 1. The minimum Gasteiger partial charge on any atom is -0.324 e. The summed E-state index contributed by atoms with van der Waals surface area (Å²) in [6.07, 6.45) is 6.67. The van der Waals surface area contributed by atoms with Crippen molar-refractivity contribution in [2.75, 3.05) is 17.3 Å². The number of thioether (sulfide) groups is 1. The predicted octanol–water partition coefficient (Wildman–Crippen LogP) is 2.41. The van der Waals surface area contributed by atoms with Gasteiger partial charge in [-0.2, -0.15) is 11.8 Å². The van der Waals surface area contributed by atoms with Crippen LogP contribution in [0.25, 0.3) is 0 Å². The molecule has 2 N–H and O–H groups in total. The largest absolute Gasteiger partial charge is 0.324 e. The summed E-state index contributed by atoms with van der Waals surface area (Å²) in [5, 5.41) is 6.49. The maximum atomic E-state index is 13.7. The average molecular weight is 414 g/mol. The molecule has 4 aliphatic rings. The highest BCUT2D eigenvalue weighted by Crippen LogP contribution is 2.54. The van der Waals surface area contributed by atoms with Crippen LogP contribution < -0.4 is 10.6 Å². The smallest absolute Gasteiger partial charge is 0.250 e. The standard InChI is InChI=1S/C22H27N3O3S/c1-12-7-8-15-14(11-12)22(21(28)23-15)18-17(16(24-22)9-10-29-2)19(26)25(20(18)27)13-5-3-4-6-13/h7-8,11,13,16-18,24H,3-6,9-10H2,1-2H3,(H,23,28)/t16-,17+,18-,22-/m0/s1. The summed E-state index contributed by atoms with van der Waals surface area (Å²) >= 11 is 1.72. The normalized spacial score (nSPS) is 33.7. The number of hydrogen-bond acceptors (Lipinski definition) is 5. The van der Waals surface area contributed by atoms with Gasteiger partial charge in [-0.15, -0.1) is 0 Å². The monoisotopic (exact) mass is 413 g/mol. The lowest BCUT2D eigenvalue weighted by atomic mass is 9.76. The van der Waals surface area contributed by atoms with Crippen molar-refractivity contribution in [1.82, 2.24) is 10.2 Å². The van der Waals surface area contributed by atoms with Gasteiger partial charge in [-0.05, 0) is 44.3 Å². The van der Waals surface area contributed by atoms with E-state index in [-0.39, 0.29) is 29.8 Å². The van der Waals surface area contributed by atoms with Crippen molar-refractivity contribution < 1.29 is 14.4 Å². The van der Waals surface area contributed by atoms with E-state index in [0.29, 0.717) is 0 Å². The molecule has 3 fully saturated rings. The lowest BCUT2D eigenvalue weighted by molar-refractivity contribution is -0.145. The van der Waals surface area contributed by atoms with Crippen LogP contribution in [-0.2, 0) is 19.9 Å². The van der Waals surface area contributed by atoms with E-state index in [9.17, 15) is 14.4 Å². The molecule has 3 aliphatic heterocycles. The first kappa shape index (κ1) is 19.1. The maximum absolute atomic E-state index is 13.7. The fourth-order valence-corrected chi connectivity index (χ4v) is 6.44. The Balaban J connectivity index is 1.63. The first-order chi connectivity index (χ1) is 14.0. The van der Waals surface area contributed by atoms with E-state index < -0.39 is 17.4 Å². The number of amides is 3. The predicted molar refractivity (Wildman–Crippen MR) is 112 cm³/mol. The molecule has 1 aromatic rings. The number of nitrogens with zero attached hydrogens (tertiary/aromatic N) is 1. The van der Waals surface area contributed by atoms with Crippen molar-refractivity contribution >= 4 is 35.2 Å². The van der Waals surface area contributed by atoms with Gasteiger partial charge in [0.2, 0.25) is 17.7 Å². The molecule has 1 aromatic carbocycles. The zero-order valence-corrected chi connectivity index (χ0v) is 17.7. The van der Waals surface area contributed by atoms with Crippen LogP contribution in [0.5, 0.6) is 0 Å². The van der Waals surface area contributed by atoms with E-state index in [0.717, 1.165) is 54.7 Å². The van der Waals surface area contributed by atoms with Crippen molar-refractivity contribution in [2.24, 2.45) is 11.8 Å². The fourth-order valence-electron chi connectivity index (χ4n) is 5.95. The van der Waals surface area contributed by atoms with Gasteiger partial charge in [-0.1, -0.05) is 30.5 Å². The molecule has 0 radical (unpaired) electrons. The first-order valence-corrected chi connectivity index (χ1v) is 11.9. The minimum absolute atomic E-state index is 0.000273. The molecule has 7 heteroatoms. The van der Waals surface area contributed by atoms with Gasteiger partial charge in [-0.3, -0.25) is 24.6 Å². The number of carbonyl (C=O) groups is 3. The second kappa shape index (κ2) is 6.84. The fraction of sp³-hybridized carbons (Fsp3) is 0.591. The summed E-state index contributed by atoms with van der Waals surface area (Å²) in [6, 6.07) is 5.68. The summed E-state index contributed by atoms with van der Waals surface area (Å²) in [4.78, 5) is 42.1. The SMILES string of the molecule is CSCC[C@@H]1N[C@]2(C(=O)Nc3ccc(C)cc32)[C@@H]2C(=O)N(C3CCCC3)C(=O)[C@H]12. The van der Waals surface area contributed by atoms with Crippen molar-refractivity contribution in [3.05, 3.63) is 29.3 Å². The Morgan fingerprint density at radius 3 is 2.66 bits per heavy atom. The molecule has 29 heavy (non-hydrogen) atoms. The van der Waals surface area contributed by atoms with Crippen molar-refractivity contribution in [3.8, 4) is 0 Å². The van der Waals surface area contributed by atoms with Crippen LogP contribution in [0.1, 0.15) is 43.2 Å². The van der Waals surface area contributed by atoms with Crippen molar-refractivity contribution in [1.29, 1.82) is 0 Å². The summed E-state index contributed by atoms with van der Waals surface area (Å²) in [6.45, 7) is 1.99. The number of fused-ring (bicyclic) bond motifs is 4. The minimum atomic E-state index is -1.14. The number of likely N-dealkylation sites (tertiary alicyclic amines) is 1. The van der Waals surface area contributed by atoms with Crippen LogP contribution in [0, 0.1) is 18.8 Å². The number of carbonyl (C=O) groups excluding carboxylic acids is 3. The third-order valence-corrected chi connectivity index (χ3v) is 7.87. The van der Waals surface area contributed by atoms with E-state index in [1.54, 1.807) is 11.8 Å². The highest BCUT2D eigenvalue weighted by Gasteiger charge is 2.70. The maximum Gasteiger partial charge on any atom is 0.250 e. The van der Waals surface area contributed by atoms with Gasteiger partial charge in [0.25, 0.3) is 0 Å². The van der Waals surface area contributed by atoms with Gasteiger partial charge < -0.3 is 5.32 Å². The van der Waals surface area contributed by atoms with Crippen LogP contribution in [0.15, 0.2) is 18.2 Å². The summed E-state index contributed by atoms with van der Waals surface area (Å²) in [7, 11) is 0. The Hall–Kier alpha value is -1.86. The van der Waals surface area contributed by atoms with E-state index in [1.807, 2.05) is 31.4 Å². The molecule has 6 nitrogen and oxygen atoms in total. The molecule has 5 rings (SSSR count). The molecule has 154 valence electrons. The van der Waals surface area contributed by atoms with Gasteiger partial charge in [0.1, 0.15) is 5.54 Å². The second-order valence-corrected chi connectivity index (χ2v) is 9.82. The van der Waals surface area contributed by atoms with E-state index in [2.05, 4.69) is 10.6 Å². The molecule has 1 saturated carbocycles. The topological polar surface area (TPSA) is 78.5 Å². The number of rotatable bonds is 4. The molecule has 0 bridgehead atoms. The van der Waals surface area contributed by atoms with Crippen molar-refractivity contribution in [2.45, 2.75) is 56.7 Å². The zero-order chi connectivity index (χ0) is 20.3. The Labute approximate surface area is 175 Å². The highest BCUT2D eigenvalue weighted by molar-refractivity contribution is 7.98. The van der Waals surface area contributed by atoms with Crippen molar-refractivity contribution in [3.63, 3.8) is 0 Å². The van der Waals surface area contributed by atoms with E-state index in [1.165, 1.54) is 4.90 Å². The van der Waals surface area contributed by atoms with Gasteiger partial charge in [-0.25, -0.2) is 0 Å². The molecule has 4 atom stereocenters. The van der Waals surface area contributed by atoms with Gasteiger partial charge in [0.05, 0.1) is 11.8 Å². The molecule has 3 amide bonds. The first-order valence-electron chi connectivity index (χ1n) is 10.5. The van der Waals surface area contributed by atoms with Crippen LogP contribution in [0.2, 0.25) is 0 Å². The van der Waals surface area contributed by atoms with Crippen LogP contribution in [0.4, 0.5) is 5.69 Å². The quantitative estimate of drug-likeness (QED) is 0.741. The molecule has 3 heterocycles. The highest BCUT2D eigenvalue weighted by atomic mass is 32.2. The van der Waals surface area contributed by atoms with Crippen LogP contribution in [-0.4, -0.2) is 46.7 Å². The Morgan fingerprint density at radius 2 is 1.93 bits per heavy atom. The number of imide groups is 1. The van der Waals surface area contributed by atoms with E-state index >= 15 is 0 Å². The molecule has 1 spiro atoms. The molecule has 0 unspecified atom stereocenters. The third kappa shape index (κ3) is 2.56. The summed E-state index contributed by atoms with van der Waals surface area (Å²) < 4.78 is 0. The number of hydrogen-bond donors (Lipinski definition) is 2. The molecule has 2 saturated heterocycles. The number of nitrogens with one attached hydrogen (secondary N) is 2. The molecular formula is C22H27N3O3S. The van der Waals surface area contributed by atoms with E-state index in [4.69, 9.17) is 0 Å². The van der Waals surface area contributed by atoms with Gasteiger partial charge in [0, 0.05) is 23.3 Å². The van der Waals surface area contributed by atoms with Crippen LogP contribution in [0.3, 0.4) is 0 Å². The summed E-state index contributed by atoms with van der Waals surface area (Å²) in [5.74, 6) is -0.677. The Bertz CT molecular complexity index is 897. The summed E-state index contributed by atoms with van der Waals surface area (Å²) in [5.41, 5.74) is 1.46.